The van der Waals surface area contributed by atoms with Gasteiger partial charge >= 0.3 is 0 Å². The van der Waals surface area contributed by atoms with Gasteiger partial charge in [-0.3, -0.25) is 4.79 Å². The Morgan fingerprint density at radius 1 is 1.00 bits per heavy atom. The number of amides is 1. The minimum Gasteiger partial charge on any atom is -0.477 e. The fraction of sp³-hybridized carbons (Fsp3) is 0.150. The molecule has 5 nitrogen and oxygen atoms in total. The van der Waals surface area contributed by atoms with E-state index in [9.17, 15) is 4.79 Å². The van der Waals surface area contributed by atoms with Crippen molar-refractivity contribution in [3.63, 3.8) is 0 Å². The van der Waals surface area contributed by atoms with Crippen LogP contribution in [0.25, 0.3) is 11.3 Å². The second kappa shape index (κ2) is 8.45. The van der Waals surface area contributed by atoms with Crippen molar-refractivity contribution in [1.29, 1.82) is 0 Å². The number of benzene rings is 2. The van der Waals surface area contributed by atoms with Crippen molar-refractivity contribution in [3.05, 3.63) is 71.2 Å². The molecular weight excluding hydrogens is 350 g/mol. The molecule has 3 aromatic rings. The molecule has 0 saturated heterocycles. The second-order valence-corrected chi connectivity index (χ2v) is 6.06. The van der Waals surface area contributed by atoms with Gasteiger partial charge in [0.25, 0.3) is 0 Å². The summed E-state index contributed by atoms with van der Waals surface area (Å²) in [7, 11) is 0. The molecule has 0 bridgehead atoms. The maximum atomic E-state index is 12.1. The first-order valence-corrected chi connectivity index (χ1v) is 8.63. The fourth-order valence-corrected chi connectivity index (χ4v) is 2.54. The van der Waals surface area contributed by atoms with Gasteiger partial charge in [0.2, 0.25) is 11.8 Å². The van der Waals surface area contributed by atoms with E-state index >= 15 is 0 Å². The molecule has 1 N–H and O–H groups in total. The maximum Gasteiger partial charge on any atom is 0.233 e. The van der Waals surface area contributed by atoms with Crippen LogP contribution in [0.5, 0.6) is 5.88 Å². The first-order valence-electron chi connectivity index (χ1n) is 8.25. The van der Waals surface area contributed by atoms with Crippen LogP contribution in [0.3, 0.4) is 0 Å². The molecular formula is C20H18ClN3O2. The van der Waals surface area contributed by atoms with E-state index in [2.05, 4.69) is 15.5 Å². The second-order valence-electron chi connectivity index (χ2n) is 5.62. The third kappa shape index (κ3) is 4.80. The molecule has 1 aromatic heterocycles. The Hall–Kier alpha value is -2.92. The van der Waals surface area contributed by atoms with Crippen LogP contribution in [-0.4, -0.2) is 22.7 Å². The smallest absolute Gasteiger partial charge is 0.233 e. The predicted molar refractivity (Wildman–Crippen MR) is 102 cm³/mol. The van der Waals surface area contributed by atoms with Gasteiger partial charge in [0.15, 0.2) is 0 Å². The highest BCUT2D eigenvalue weighted by Crippen LogP contribution is 2.20. The van der Waals surface area contributed by atoms with Crippen molar-refractivity contribution in [3.8, 4) is 17.1 Å². The lowest BCUT2D eigenvalue weighted by Crippen LogP contribution is -2.14. The topological polar surface area (TPSA) is 64.1 Å². The molecule has 0 atom stereocenters. The van der Waals surface area contributed by atoms with Crippen molar-refractivity contribution >= 4 is 23.2 Å². The molecule has 0 aliphatic heterocycles. The van der Waals surface area contributed by atoms with E-state index in [4.69, 9.17) is 16.3 Å². The van der Waals surface area contributed by atoms with Gasteiger partial charge in [-0.2, -0.15) is 0 Å². The molecule has 1 heterocycles. The van der Waals surface area contributed by atoms with Gasteiger partial charge in [-0.1, -0.05) is 35.9 Å². The van der Waals surface area contributed by atoms with E-state index in [1.807, 2.05) is 49.4 Å². The number of ether oxygens (including phenoxy) is 1. The van der Waals surface area contributed by atoms with Crippen LogP contribution in [0.4, 0.5) is 5.69 Å². The number of rotatable bonds is 6. The Balaban J connectivity index is 1.61. The number of nitrogens with one attached hydrogen (secondary N) is 1. The Kier molecular flexibility index (Phi) is 5.81. The first kappa shape index (κ1) is 17.9. The van der Waals surface area contributed by atoms with Gasteiger partial charge in [-0.05, 0) is 42.8 Å². The Morgan fingerprint density at radius 2 is 1.73 bits per heavy atom. The summed E-state index contributed by atoms with van der Waals surface area (Å²) >= 11 is 5.85. The largest absolute Gasteiger partial charge is 0.477 e. The van der Waals surface area contributed by atoms with Gasteiger partial charge in [0.05, 0.1) is 18.7 Å². The highest BCUT2D eigenvalue weighted by molar-refractivity contribution is 6.30. The summed E-state index contributed by atoms with van der Waals surface area (Å²) in [5.74, 6) is 0.420. The van der Waals surface area contributed by atoms with E-state index < -0.39 is 0 Å². The van der Waals surface area contributed by atoms with Gasteiger partial charge < -0.3 is 10.1 Å². The quantitative estimate of drug-likeness (QED) is 0.702. The number of halogens is 1. The minimum absolute atomic E-state index is 0.0825. The van der Waals surface area contributed by atoms with Crippen LogP contribution in [0.1, 0.15) is 12.5 Å². The summed E-state index contributed by atoms with van der Waals surface area (Å²) in [6.45, 7) is 2.45. The summed E-state index contributed by atoms with van der Waals surface area (Å²) in [6, 6.07) is 18.3. The zero-order valence-corrected chi connectivity index (χ0v) is 15.0. The van der Waals surface area contributed by atoms with Crippen LogP contribution >= 0.6 is 11.6 Å². The van der Waals surface area contributed by atoms with Crippen molar-refractivity contribution in [2.75, 3.05) is 11.9 Å². The monoisotopic (exact) mass is 367 g/mol. The zero-order valence-electron chi connectivity index (χ0n) is 14.3. The highest BCUT2D eigenvalue weighted by Gasteiger charge is 2.06. The molecule has 0 aliphatic carbocycles. The molecule has 3 rings (SSSR count). The number of carbonyl (C=O) groups excluding carboxylic acids is 1. The van der Waals surface area contributed by atoms with E-state index in [1.54, 1.807) is 18.2 Å². The normalized spacial score (nSPS) is 10.4. The fourth-order valence-electron chi connectivity index (χ4n) is 2.42. The number of nitrogens with zero attached hydrogens (tertiary/aromatic N) is 2. The minimum atomic E-state index is -0.0825. The van der Waals surface area contributed by atoms with E-state index in [-0.39, 0.29) is 5.91 Å². The van der Waals surface area contributed by atoms with E-state index in [0.717, 1.165) is 22.5 Å². The molecule has 0 spiro atoms. The third-order valence-corrected chi connectivity index (χ3v) is 3.93. The number of aromatic nitrogens is 2. The van der Waals surface area contributed by atoms with Crippen LogP contribution in [0, 0.1) is 0 Å². The number of hydrogen-bond acceptors (Lipinski definition) is 4. The molecule has 0 unspecified atom stereocenters. The Morgan fingerprint density at radius 3 is 2.35 bits per heavy atom. The molecule has 6 heteroatoms. The van der Waals surface area contributed by atoms with Crippen molar-refractivity contribution < 1.29 is 9.53 Å². The zero-order chi connectivity index (χ0) is 18.4. The summed E-state index contributed by atoms with van der Waals surface area (Å²) in [5.41, 5.74) is 3.29. The Labute approximate surface area is 157 Å². The van der Waals surface area contributed by atoms with Gasteiger partial charge in [0, 0.05) is 22.3 Å². The average molecular weight is 368 g/mol. The van der Waals surface area contributed by atoms with Crippen LogP contribution < -0.4 is 10.1 Å². The van der Waals surface area contributed by atoms with E-state index in [0.29, 0.717) is 23.9 Å². The lowest BCUT2D eigenvalue weighted by Gasteiger charge is -2.07. The summed E-state index contributed by atoms with van der Waals surface area (Å²) in [5, 5.41) is 11.7. The number of anilines is 1. The van der Waals surface area contributed by atoms with Crippen molar-refractivity contribution in [2.24, 2.45) is 0 Å². The van der Waals surface area contributed by atoms with Crippen LogP contribution in [0.2, 0.25) is 5.02 Å². The Bertz CT molecular complexity index is 863. The van der Waals surface area contributed by atoms with E-state index in [1.165, 1.54) is 0 Å². The predicted octanol–water partition coefficient (Wildman–Crippen LogP) is 4.38. The van der Waals surface area contributed by atoms with Gasteiger partial charge in [-0.15, -0.1) is 10.2 Å². The molecule has 0 radical (unpaired) electrons. The number of hydrogen-bond donors (Lipinski definition) is 1. The lowest BCUT2D eigenvalue weighted by molar-refractivity contribution is -0.115. The van der Waals surface area contributed by atoms with Crippen molar-refractivity contribution in [2.45, 2.75) is 13.3 Å². The average Bonchev–Trinajstić information content (AvgIpc) is 2.65. The highest BCUT2D eigenvalue weighted by atomic mass is 35.5. The molecule has 132 valence electrons. The van der Waals surface area contributed by atoms with Gasteiger partial charge in [-0.25, -0.2) is 0 Å². The van der Waals surface area contributed by atoms with Crippen LogP contribution in [0.15, 0.2) is 60.7 Å². The molecule has 0 aliphatic rings. The lowest BCUT2D eigenvalue weighted by atomic mass is 10.1. The first-order chi connectivity index (χ1) is 12.6. The van der Waals surface area contributed by atoms with Crippen molar-refractivity contribution in [1.82, 2.24) is 10.2 Å². The molecule has 1 amide bonds. The molecule has 26 heavy (non-hydrogen) atoms. The van der Waals surface area contributed by atoms with Crippen LogP contribution in [-0.2, 0) is 11.2 Å². The molecule has 0 saturated carbocycles. The summed E-state index contributed by atoms with van der Waals surface area (Å²) in [6.07, 6.45) is 0.295. The standard InChI is InChI=1S/C20H18ClN3O2/c1-2-26-20-12-11-18(23-24-20)15-5-9-17(10-6-15)22-19(25)13-14-3-7-16(21)8-4-14/h3-12H,2,13H2,1H3,(H,22,25). The molecule has 2 aromatic carbocycles. The maximum absolute atomic E-state index is 12.1. The third-order valence-electron chi connectivity index (χ3n) is 3.67. The van der Waals surface area contributed by atoms with Gasteiger partial charge in [0.1, 0.15) is 0 Å². The summed E-state index contributed by atoms with van der Waals surface area (Å²) in [4.78, 5) is 12.1. The SMILES string of the molecule is CCOc1ccc(-c2ccc(NC(=O)Cc3ccc(Cl)cc3)cc2)nn1. The summed E-state index contributed by atoms with van der Waals surface area (Å²) < 4.78 is 5.29. The number of carbonyl (C=O) groups is 1. The molecule has 0 fully saturated rings.